The molecule has 1 aromatic carbocycles. The van der Waals surface area contributed by atoms with Gasteiger partial charge in [-0.3, -0.25) is 0 Å². The lowest BCUT2D eigenvalue weighted by atomic mass is 9.85. The molecule has 0 unspecified atom stereocenters. The van der Waals surface area contributed by atoms with E-state index in [-0.39, 0.29) is 0 Å². The van der Waals surface area contributed by atoms with Gasteiger partial charge < -0.3 is 5.32 Å². The molecule has 1 atom stereocenters. The Hall–Kier alpha value is -0.340. The van der Waals surface area contributed by atoms with E-state index in [1.165, 1.54) is 35.8 Å². The predicted octanol–water partition coefficient (Wildman–Crippen LogP) is 3.90. The second-order valence-corrected chi connectivity index (χ2v) is 5.30. The smallest absolute Gasteiger partial charge is 0.0303 e. The van der Waals surface area contributed by atoms with Crippen LogP contribution in [-0.2, 0) is 0 Å². The van der Waals surface area contributed by atoms with Crippen LogP contribution in [0.2, 0.25) is 0 Å². The number of rotatable bonds is 4. The summed E-state index contributed by atoms with van der Waals surface area (Å²) in [5, 5.41) is 3.61. The van der Waals surface area contributed by atoms with Gasteiger partial charge in [0.05, 0.1) is 0 Å². The van der Waals surface area contributed by atoms with Crippen molar-refractivity contribution in [2.24, 2.45) is 5.92 Å². The normalized spacial score (nSPS) is 18.5. The zero-order valence-electron chi connectivity index (χ0n) is 9.17. The lowest BCUT2D eigenvalue weighted by Gasteiger charge is -2.27. The minimum Gasteiger partial charge on any atom is -0.310 e. The van der Waals surface area contributed by atoms with Gasteiger partial charge >= 0.3 is 0 Å². The van der Waals surface area contributed by atoms with Crippen LogP contribution in [0.5, 0.6) is 0 Å². The third-order valence-electron chi connectivity index (χ3n) is 3.31. The lowest BCUT2D eigenvalue weighted by molar-refractivity contribution is 0.292. The molecule has 0 spiro atoms. The first-order valence-corrected chi connectivity index (χ1v) is 6.54. The summed E-state index contributed by atoms with van der Waals surface area (Å²) in [5.41, 5.74) is 1.36. The van der Waals surface area contributed by atoms with Crippen LogP contribution in [0.25, 0.3) is 0 Å². The Morgan fingerprint density at radius 3 is 2.73 bits per heavy atom. The average molecular weight is 268 g/mol. The van der Waals surface area contributed by atoms with E-state index in [9.17, 15) is 0 Å². The summed E-state index contributed by atoms with van der Waals surface area (Å²) in [4.78, 5) is 0. The molecule has 0 bridgehead atoms. The van der Waals surface area contributed by atoms with Crippen molar-refractivity contribution in [3.63, 3.8) is 0 Å². The monoisotopic (exact) mass is 267 g/mol. The highest BCUT2D eigenvalue weighted by atomic mass is 79.9. The maximum absolute atomic E-state index is 3.61. The molecule has 82 valence electrons. The fraction of sp³-hybridized carbons (Fsp3) is 0.538. The predicted molar refractivity (Wildman–Crippen MR) is 67.9 cm³/mol. The van der Waals surface area contributed by atoms with Crippen LogP contribution < -0.4 is 5.32 Å². The van der Waals surface area contributed by atoms with Crippen molar-refractivity contribution in [3.8, 4) is 0 Å². The maximum atomic E-state index is 3.61. The highest BCUT2D eigenvalue weighted by molar-refractivity contribution is 9.10. The third kappa shape index (κ3) is 2.82. The van der Waals surface area contributed by atoms with Crippen LogP contribution in [-0.4, -0.2) is 6.54 Å². The summed E-state index contributed by atoms with van der Waals surface area (Å²) in [6.45, 7) is 3.40. The molecule has 0 amide bonds. The van der Waals surface area contributed by atoms with Gasteiger partial charge in [-0.25, -0.2) is 0 Å². The van der Waals surface area contributed by atoms with E-state index in [1.807, 2.05) is 0 Å². The van der Waals surface area contributed by atoms with Crippen molar-refractivity contribution in [3.05, 3.63) is 34.3 Å². The molecule has 1 aliphatic rings. The standard InChI is InChI=1S/C13H18BrN/c1-10(15-9-11-5-4-6-11)12-7-2-3-8-13(12)14/h2-3,7-8,10-11,15H,4-6,9H2,1H3/t10-/m1/s1. The first-order valence-electron chi connectivity index (χ1n) is 5.75. The average Bonchev–Trinajstić information content (AvgIpc) is 2.16. The van der Waals surface area contributed by atoms with E-state index in [2.05, 4.69) is 52.4 Å². The Kier molecular flexibility index (Phi) is 3.81. The number of nitrogens with one attached hydrogen (secondary N) is 1. The Morgan fingerprint density at radius 1 is 1.40 bits per heavy atom. The molecule has 0 aromatic heterocycles. The summed E-state index contributed by atoms with van der Waals surface area (Å²) in [6.07, 6.45) is 4.25. The molecule has 2 heteroatoms. The fourth-order valence-electron chi connectivity index (χ4n) is 1.98. The molecule has 1 aliphatic carbocycles. The fourth-order valence-corrected chi connectivity index (χ4v) is 2.60. The second-order valence-electron chi connectivity index (χ2n) is 4.45. The Balaban J connectivity index is 1.89. The molecule has 1 saturated carbocycles. The topological polar surface area (TPSA) is 12.0 Å². The number of hydrogen-bond acceptors (Lipinski definition) is 1. The highest BCUT2D eigenvalue weighted by Crippen LogP contribution is 2.27. The number of halogens is 1. The first kappa shape index (κ1) is 11.2. The van der Waals surface area contributed by atoms with E-state index in [4.69, 9.17) is 0 Å². The summed E-state index contributed by atoms with van der Waals surface area (Å²) in [6, 6.07) is 8.90. The van der Waals surface area contributed by atoms with Crippen LogP contribution in [0, 0.1) is 5.92 Å². The lowest BCUT2D eigenvalue weighted by Crippen LogP contribution is -2.29. The molecule has 15 heavy (non-hydrogen) atoms. The maximum Gasteiger partial charge on any atom is 0.0303 e. The molecule has 0 aliphatic heterocycles. The van der Waals surface area contributed by atoms with Crippen molar-refractivity contribution < 1.29 is 0 Å². The van der Waals surface area contributed by atoms with E-state index in [0.29, 0.717) is 6.04 Å². The highest BCUT2D eigenvalue weighted by Gasteiger charge is 2.18. The van der Waals surface area contributed by atoms with E-state index in [1.54, 1.807) is 0 Å². The molecule has 1 fully saturated rings. The quantitative estimate of drug-likeness (QED) is 0.873. The van der Waals surface area contributed by atoms with Crippen molar-refractivity contribution in [2.75, 3.05) is 6.54 Å². The summed E-state index contributed by atoms with van der Waals surface area (Å²) < 4.78 is 1.21. The molecule has 0 saturated heterocycles. The summed E-state index contributed by atoms with van der Waals surface area (Å²) in [5.74, 6) is 0.926. The minimum atomic E-state index is 0.446. The molecular formula is C13H18BrN. The SMILES string of the molecule is C[C@@H](NCC1CCC1)c1ccccc1Br. The van der Waals surface area contributed by atoms with Gasteiger partial charge in [-0.15, -0.1) is 0 Å². The largest absolute Gasteiger partial charge is 0.310 e. The van der Waals surface area contributed by atoms with Gasteiger partial charge in [0, 0.05) is 10.5 Å². The third-order valence-corrected chi connectivity index (χ3v) is 4.03. The molecule has 1 aromatic rings. The van der Waals surface area contributed by atoms with E-state index in [0.717, 1.165) is 5.92 Å². The van der Waals surface area contributed by atoms with Crippen LogP contribution in [0.4, 0.5) is 0 Å². The van der Waals surface area contributed by atoms with Crippen LogP contribution in [0.3, 0.4) is 0 Å². The number of hydrogen-bond donors (Lipinski definition) is 1. The van der Waals surface area contributed by atoms with Crippen molar-refractivity contribution >= 4 is 15.9 Å². The van der Waals surface area contributed by atoms with E-state index < -0.39 is 0 Å². The van der Waals surface area contributed by atoms with Crippen molar-refractivity contribution in [1.82, 2.24) is 5.32 Å². The van der Waals surface area contributed by atoms with Gasteiger partial charge in [-0.1, -0.05) is 40.5 Å². The molecule has 2 rings (SSSR count). The Labute approximate surface area is 100 Å². The minimum absolute atomic E-state index is 0.446. The van der Waals surface area contributed by atoms with Gasteiger partial charge in [0.1, 0.15) is 0 Å². The van der Waals surface area contributed by atoms with Crippen LogP contribution in [0.15, 0.2) is 28.7 Å². The number of benzene rings is 1. The van der Waals surface area contributed by atoms with Crippen LogP contribution >= 0.6 is 15.9 Å². The Morgan fingerprint density at radius 2 is 2.13 bits per heavy atom. The van der Waals surface area contributed by atoms with E-state index >= 15 is 0 Å². The van der Waals surface area contributed by atoms with Gasteiger partial charge in [0.2, 0.25) is 0 Å². The van der Waals surface area contributed by atoms with Gasteiger partial charge in [0.25, 0.3) is 0 Å². The van der Waals surface area contributed by atoms with Gasteiger partial charge in [-0.2, -0.15) is 0 Å². The van der Waals surface area contributed by atoms with Crippen LogP contribution in [0.1, 0.15) is 37.8 Å². The zero-order chi connectivity index (χ0) is 10.7. The molecule has 1 nitrogen and oxygen atoms in total. The zero-order valence-corrected chi connectivity index (χ0v) is 10.8. The summed E-state index contributed by atoms with van der Waals surface area (Å²) in [7, 11) is 0. The molecular weight excluding hydrogens is 250 g/mol. The summed E-state index contributed by atoms with van der Waals surface area (Å²) >= 11 is 3.59. The molecule has 1 N–H and O–H groups in total. The van der Waals surface area contributed by atoms with Gasteiger partial charge in [0.15, 0.2) is 0 Å². The van der Waals surface area contributed by atoms with Crippen molar-refractivity contribution in [2.45, 2.75) is 32.2 Å². The first-order chi connectivity index (χ1) is 7.27. The Bertz CT molecular complexity index is 320. The second kappa shape index (κ2) is 5.13. The molecule has 0 heterocycles. The van der Waals surface area contributed by atoms with Gasteiger partial charge in [-0.05, 0) is 43.9 Å². The van der Waals surface area contributed by atoms with Crippen molar-refractivity contribution in [1.29, 1.82) is 0 Å². The molecule has 0 radical (unpaired) electrons.